The average Bonchev–Trinajstić information content (AvgIpc) is 3.21. The van der Waals surface area contributed by atoms with Gasteiger partial charge in [0.05, 0.1) is 23.2 Å². The van der Waals surface area contributed by atoms with E-state index in [-0.39, 0.29) is 55.4 Å². The van der Waals surface area contributed by atoms with E-state index >= 15 is 0 Å². The first-order valence-corrected chi connectivity index (χ1v) is 20.9. The van der Waals surface area contributed by atoms with E-state index in [0.29, 0.717) is 35.8 Å². The Morgan fingerprint density at radius 1 is 0.983 bits per heavy atom. The fourth-order valence-corrected chi connectivity index (χ4v) is 8.83. The summed E-state index contributed by atoms with van der Waals surface area (Å²) in [6.45, 7) is 14.1. The molecule has 60 heavy (non-hydrogen) atoms. The lowest BCUT2D eigenvalue weighted by atomic mass is 9.55. The van der Waals surface area contributed by atoms with E-state index in [4.69, 9.17) is 28.9 Å². The number of nitrogens with zero attached hydrogens (tertiary/aromatic N) is 3. The number of fused-ring (bicyclic) bond motifs is 2. The minimum Gasteiger partial charge on any atom is -0.459 e. The average molecular weight is 826 g/mol. The molecule has 6 rings (SSSR count). The molecule has 0 aromatic heterocycles. The van der Waals surface area contributed by atoms with E-state index in [0.717, 1.165) is 47.9 Å². The van der Waals surface area contributed by atoms with Crippen LogP contribution in [0.2, 0.25) is 0 Å². The van der Waals surface area contributed by atoms with Crippen LogP contribution in [-0.4, -0.2) is 76.1 Å². The zero-order valence-corrected chi connectivity index (χ0v) is 35.6. The van der Waals surface area contributed by atoms with Crippen molar-refractivity contribution in [3.63, 3.8) is 0 Å². The van der Waals surface area contributed by atoms with Crippen LogP contribution in [0.3, 0.4) is 0 Å². The lowest BCUT2D eigenvalue weighted by molar-refractivity contribution is -0.384. The van der Waals surface area contributed by atoms with Gasteiger partial charge in [-0.15, -0.1) is 6.58 Å². The summed E-state index contributed by atoms with van der Waals surface area (Å²) in [6.07, 6.45) is 7.87. The maximum absolute atomic E-state index is 14.2. The van der Waals surface area contributed by atoms with Crippen molar-refractivity contribution in [2.24, 2.45) is 22.9 Å². The second-order valence-electron chi connectivity index (χ2n) is 17.1. The number of amides is 1. The van der Waals surface area contributed by atoms with E-state index in [1.165, 1.54) is 29.2 Å². The maximum Gasteiger partial charge on any atom is 0.415 e. The molecule has 0 saturated heterocycles. The van der Waals surface area contributed by atoms with Crippen LogP contribution in [-0.2, 0) is 9.57 Å². The Balaban J connectivity index is 1.55. The third kappa shape index (κ3) is 9.69. The predicted molar refractivity (Wildman–Crippen MR) is 229 cm³/mol. The molecular formula is C47H59N3O10. The number of likely N-dealkylation sites (N-methyl/N-ethyl adjacent to an activating group) is 1. The second kappa shape index (κ2) is 19.0. The van der Waals surface area contributed by atoms with E-state index in [2.05, 4.69) is 32.6 Å². The summed E-state index contributed by atoms with van der Waals surface area (Å²) in [5, 5.41) is 35.9. The first-order valence-electron chi connectivity index (χ1n) is 20.9. The summed E-state index contributed by atoms with van der Waals surface area (Å²) in [6, 6.07) is 16.4. The Bertz CT molecular complexity index is 2080. The van der Waals surface area contributed by atoms with Gasteiger partial charge < -0.3 is 38.9 Å². The summed E-state index contributed by atoms with van der Waals surface area (Å²) in [7, 11) is 1.63. The molecule has 13 nitrogen and oxygen atoms in total. The van der Waals surface area contributed by atoms with Crippen molar-refractivity contribution in [2.45, 2.75) is 103 Å². The van der Waals surface area contributed by atoms with Crippen LogP contribution in [0, 0.1) is 41.7 Å². The molecule has 3 aromatic rings. The van der Waals surface area contributed by atoms with Gasteiger partial charge in [-0.3, -0.25) is 10.1 Å². The molecule has 6 unspecified atom stereocenters. The standard InChI is InChI=1S/C47H59N3O10/c1-8-25-56-47-42(49(7)45(53)58-34-19-16-33(17-20-34)50(54)55)29-40(48-60-46(4,5)6)38-27-32(13-9-11-23-51)37(14-10-12-24-52)43(44(38)47)39-28-36(21-22-41(39)59-47)57-35-18-15-30(2)31(3)26-35/h8,15-22,26-28,32,37,42-44,51-52H,1,9-14,23-25,29H2,2-7H3. The van der Waals surface area contributed by atoms with Gasteiger partial charge in [0, 0.05) is 50.3 Å². The molecule has 1 aliphatic heterocycles. The Hall–Kier alpha value is -5.24. The third-order valence-electron chi connectivity index (χ3n) is 11.8. The number of oxime groups is 1. The number of rotatable bonds is 17. The number of nitro groups is 1. The van der Waals surface area contributed by atoms with Crippen LogP contribution >= 0.6 is 0 Å². The van der Waals surface area contributed by atoms with Crippen LogP contribution < -0.4 is 14.2 Å². The molecule has 1 fully saturated rings. The number of carbonyl (C=O) groups is 1. The van der Waals surface area contributed by atoms with Crippen molar-refractivity contribution < 1.29 is 43.7 Å². The van der Waals surface area contributed by atoms with Crippen molar-refractivity contribution in [3.05, 3.63) is 112 Å². The molecule has 2 N–H and O–H groups in total. The Labute approximate surface area is 352 Å². The minimum absolute atomic E-state index is 0.0242. The fraction of sp³-hybridized carbons (Fsp3) is 0.489. The number of aliphatic hydroxyl groups is 2. The number of hydrogen-bond donors (Lipinski definition) is 2. The van der Waals surface area contributed by atoms with Crippen molar-refractivity contribution in [2.75, 3.05) is 26.9 Å². The topological polar surface area (TPSA) is 162 Å². The molecular weight excluding hydrogens is 767 g/mol. The van der Waals surface area contributed by atoms with Gasteiger partial charge in [-0.05, 0) is 131 Å². The Kier molecular flexibility index (Phi) is 14.0. The molecule has 0 bridgehead atoms. The molecule has 322 valence electrons. The maximum atomic E-state index is 14.2. The zero-order valence-electron chi connectivity index (χ0n) is 35.6. The molecule has 1 heterocycles. The summed E-state index contributed by atoms with van der Waals surface area (Å²) in [4.78, 5) is 32.7. The summed E-state index contributed by atoms with van der Waals surface area (Å²) in [5.41, 5.74) is 4.00. The highest BCUT2D eigenvalue weighted by Gasteiger charge is 2.65. The van der Waals surface area contributed by atoms with E-state index in [1.54, 1.807) is 13.1 Å². The van der Waals surface area contributed by atoms with Crippen molar-refractivity contribution >= 4 is 17.5 Å². The predicted octanol–water partition coefficient (Wildman–Crippen LogP) is 9.57. The quantitative estimate of drug-likeness (QED) is 0.0580. The largest absolute Gasteiger partial charge is 0.459 e. The Morgan fingerprint density at radius 2 is 1.65 bits per heavy atom. The first-order chi connectivity index (χ1) is 28.7. The number of aryl methyl sites for hydroxylation is 2. The smallest absolute Gasteiger partial charge is 0.415 e. The normalized spacial score (nSPS) is 23.7. The highest BCUT2D eigenvalue weighted by molar-refractivity contribution is 6.03. The van der Waals surface area contributed by atoms with Crippen LogP contribution in [0.5, 0.6) is 23.0 Å². The molecule has 1 amide bonds. The van der Waals surface area contributed by atoms with Crippen molar-refractivity contribution in [1.29, 1.82) is 0 Å². The van der Waals surface area contributed by atoms with Crippen molar-refractivity contribution in [1.82, 2.24) is 4.90 Å². The number of carbonyl (C=O) groups excluding carboxylic acids is 1. The third-order valence-corrected chi connectivity index (χ3v) is 11.8. The molecule has 3 aromatic carbocycles. The van der Waals surface area contributed by atoms with Crippen molar-refractivity contribution in [3.8, 4) is 23.0 Å². The number of non-ortho nitro benzene ring substituents is 1. The lowest BCUT2D eigenvalue weighted by Crippen LogP contribution is -2.69. The fourth-order valence-electron chi connectivity index (χ4n) is 8.83. The molecule has 0 radical (unpaired) electrons. The SMILES string of the molecule is C=CCOC12Oc3ccc(Oc4ccc(C)c(C)c4)cc3C3C(CCCCO)C(CCCCO)C=C(C(=NOC(C)(C)C)CC1N(C)C(=O)Oc1ccc([N+](=O)[O-])cc1)C32. The highest BCUT2D eigenvalue weighted by Crippen LogP contribution is 2.62. The van der Waals surface area contributed by atoms with Gasteiger partial charge in [-0.1, -0.05) is 36.2 Å². The number of unbranched alkanes of at least 4 members (excludes halogenated alkanes) is 2. The number of allylic oxidation sites excluding steroid dienone is 1. The van der Waals surface area contributed by atoms with Crippen LogP contribution in [0.25, 0.3) is 0 Å². The van der Waals surface area contributed by atoms with Gasteiger partial charge in [0.2, 0.25) is 5.79 Å². The second-order valence-corrected chi connectivity index (χ2v) is 17.1. The van der Waals surface area contributed by atoms with Gasteiger partial charge in [0.1, 0.15) is 34.6 Å². The van der Waals surface area contributed by atoms with Crippen LogP contribution in [0.4, 0.5) is 10.5 Å². The molecule has 1 saturated carbocycles. The molecule has 13 heteroatoms. The van der Waals surface area contributed by atoms with Gasteiger partial charge in [0.25, 0.3) is 5.69 Å². The summed E-state index contributed by atoms with van der Waals surface area (Å²) in [5.74, 6) is -0.0982. The van der Waals surface area contributed by atoms with Gasteiger partial charge in [-0.2, -0.15) is 0 Å². The lowest BCUT2D eigenvalue weighted by Gasteiger charge is -2.59. The van der Waals surface area contributed by atoms with E-state index < -0.39 is 34.4 Å². The highest BCUT2D eigenvalue weighted by atomic mass is 16.7. The van der Waals surface area contributed by atoms with Gasteiger partial charge >= 0.3 is 6.09 Å². The van der Waals surface area contributed by atoms with Crippen LogP contribution in [0.1, 0.15) is 88.3 Å². The van der Waals surface area contributed by atoms with Gasteiger partial charge in [-0.25, -0.2) is 4.79 Å². The molecule has 2 aliphatic carbocycles. The number of ether oxygens (including phenoxy) is 4. The Morgan fingerprint density at radius 3 is 2.30 bits per heavy atom. The number of hydrogen-bond acceptors (Lipinski definition) is 11. The number of nitro benzene ring substituents is 1. The summed E-state index contributed by atoms with van der Waals surface area (Å²) >= 11 is 0. The number of aliphatic hydroxyl groups excluding tert-OH is 2. The van der Waals surface area contributed by atoms with Crippen LogP contribution in [0.15, 0.2) is 90.1 Å². The van der Waals surface area contributed by atoms with E-state index in [1.807, 2.05) is 51.1 Å². The molecule has 6 atom stereocenters. The minimum atomic E-state index is -1.48. The van der Waals surface area contributed by atoms with E-state index in [9.17, 15) is 25.1 Å². The van der Waals surface area contributed by atoms with Gasteiger partial charge in [0.15, 0.2) is 0 Å². The zero-order chi connectivity index (χ0) is 43.2. The monoisotopic (exact) mass is 825 g/mol. The molecule has 3 aliphatic rings. The first kappa shape index (κ1) is 44.3. The molecule has 0 spiro atoms. The summed E-state index contributed by atoms with van der Waals surface area (Å²) < 4.78 is 26.5. The number of benzene rings is 3.